The molecule has 1 aliphatic heterocycles. The van der Waals surface area contributed by atoms with Gasteiger partial charge in [0.1, 0.15) is 5.82 Å². The van der Waals surface area contributed by atoms with Crippen LogP contribution in [0.2, 0.25) is 0 Å². The van der Waals surface area contributed by atoms with E-state index >= 15 is 0 Å². The van der Waals surface area contributed by atoms with Gasteiger partial charge >= 0.3 is 0 Å². The molecule has 4 rings (SSSR count). The highest BCUT2D eigenvalue weighted by Crippen LogP contribution is 2.32. The zero-order chi connectivity index (χ0) is 16.4. The first kappa shape index (κ1) is 15.3. The van der Waals surface area contributed by atoms with Crippen LogP contribution in [0, 0.1) is 11.7 Å². The molecule has 3 heterocycles. The summed E-state index contributed by atoms with van der Waals surface area (Å²) in [6.45, 7) is 2.49. The Morgan fingerprint density at radius 3 is 3.17 bits per heavy atom. The van der Waals surface area contributed by atoms with Gasteiger partial charge in [0.15, 0.2) is 5.13 Å². The number of hydrogen-bond acceptors (Lipinski definition) is 6. The van der Waals surface area contributed by atoms with Gasteiger partial charge in [-0.2, -0.15) is 0 Å². The topological polar surface area (TPSA) is 51.1 Å². The molecule has 0 aliphatic carbocycles. The zero-order valence-electron chi connectivity index (χ0n) is 13.1. The first-order valence-electron chi connectivity index (χ1n) is 7.98. The number of nitrogens with zero attached hydrogens (tertiary/aromatic N) is 4. The summed E-state index contributed by atoms with van der Waals surface area (Å²) in [5, 5.41) is 0.958. The van der Waals surface area contributed by atoms with Crippen molar-refractivity contribution < 1.29 is 9.13 Å². The second kappa shape index (κ2) is 6.68. The SMILES string of the molecule is Fc1ccc2nc(N3CCCC(COc4cnccn4)C3)sc2c1. The van der Waals surface area contributed by atoms with E-state index in [2.05, 4.69) is 19.9 Å². The van der Waals surface area contributed by atoms with Crippen LogP contribution < -0.4 is 9.64 Å². The molecule has 1 saturated heterocycles. The van der Waals surface area contributed by atoms with Crippen molar-refractivity contribution >= 4 is 26.7 Å². The molecule has 1 atom stereocenters. The quantitative estimate of drug-likeness (QED) is 0.725. The molecule has 24 heavy (non-hydrogen) atoms. The van der Waals surface area contributed by atoms with E-state index in [9.17, 15) is 4.39 Å². The van der Waals surface area contributed by atoms with Crippen LogP contribution in [-0.4, -0.2) is 34.6 Å². The van der Waals surface area contributed by atoms with Crippen LogP contribution in [-0.2, 0) is 0 Å². The van der Waals surface area contributed by atoms with Crippen molar-refractivity contribution in [3.05, 3.63) is 42.6 Å². The maximum absolute atomic E-state index is 13.3. The van der Waals surface area contributed by atoms with Gasteiger partial charge in [-0.25, -0.2) is 14.4 Å². The number of hydrogen-bond donors (Lipinski definition) is 0. The number of aromatic nitrogens is 3. The van der Waals surface area contributed by atoms with Crippen molar-refractivity contribution in [2.45, 2.75) is 12.8 Å². The average molecular weight is 344 g/mol. The Morgan fingerprint density at radius 2 is 2.29 bits per heavy atom. The lowest BCUT2D eigenvalue weighted by Crippen LogP contribution is -2.37. The molecule has 0 N–H and O–H groups in total. The molecular weight excluding hydrogens is 327 g/mol. The number of thiazole rings is 1. The van der Waals surface area contributed by atoms with E-state index in [1.54, 1.807) is 42.1 Å². The summed E-state index contributed by atoms with van der Waals surface area (Å²) < 4.78 is 20.0. The van der Waals surface area contributed by atoms with Crippen LogP contribution in [0.4, 0.5) is 9.52 Å². The highest BCUT2D eigenvalue weighted by molar-refractivity contribution is 7.22. The van der Waals surface area contributed by atoms with Crippen molar-refractivity contribution in [2.75, 3.05) is 24.6 Å². The molecule has 0 bridgehead atoms. The minimum Gasteiger partial charge on any atom is -0.476 e. The normalized spacial score (nSPS) is 18.0. The maximum atomic E-state index is 13.3. The average Bonchev–Trinajstić information content (AvgIpc) is 3.04. The van der Waals surface area contributed by atoms with Crippen LogP contribution in [0.5, 0.6) is 5.88 Å². The number of benzene rings is 1. The van der Waals surface area contributed by atoms with Gasteiger partial charge in [-0.15, -0.1) is 0 Å². The molecule has 1 aromatic carbocycles. The number of piperidine rings is 1. The number of anilines is 1. The monoisotopic (exact) mass is 344 g/mol. The second-order valence-electron chi connectivity index (χ2n) is 5.92. The fourth-order valence-corrected chi connectivity index (χ4v) is 3.98. The molecule has 7 heteroatoms. The van der Waals surface area contributed by atoms with E-state index in [0.29, 0.717) is 18.4 Å². The minimum atomic E-state index is -0.216. The van der Waals surface area contributed by atoms with Gasteiger partial charge < -0.3 is 9.64 Å². The van der Waals surface area contributed by atoms with Gasteiger partial charge in [-0.1, -0.05) is 11.3 Å². The molecule has 1 unspecified atom stereocenters. The van der Waals surface area contributed by atoms with Gasteiger partial charge in [0, 0.05) is 31.4 Å². The Bertz CT molecular complexity index is 826. The zero-order valence-corrected chi connectivity index (χ0v) is 13.9. The van der Waals surface area contributed by atoms with Crippen LogP contribution in [0.25, 0.3) is 10.2 Å². The van der Waals surface area contributed by atoms with Crippen molar-refractivity contribution in [1.29, 1.82) is 0 Å². The molecule has 1 aliphatic rings. The van der Waals surface area contributed by atoms with Crippen molar-refractivity contribution in [3.8, 4) is 5.88 Å². The van der Waals surface area contributed by atoms with Crippen LogP contribution in [0.15, 0.2) is 36.8 Å². The van der Waals surface area contributed by atoms with Crippen molar-refractivity contribution in [3.63, 3.8) is 0 Å². The molecule has 5 nitrogen and oxygen atoms in total. The Kier molecular flexibility index (Phi) is 4.25. The number of rotatable bonds is 4. The van der Waals surface area contributed by atoms with E-state index in [4.69, 9.17) is 4.74 Å². The van der Waals surface area contributed by atoms with Crippen LogP contribution >= 0.6 is 11.3 Å². The van der Waals surface area contributed by atoms with E-state index in [-0.39, 0.29) is 5.82 Å². The van der Waals surface area contributed by atoms with E-state index in [0.717, 1.165) is 41.3 Å². The predicted molar refractivity (Wildman–Crippen MR) is 92.0 cm³/mol. The fraction of sp³-hybridized carbons (Fsp3) is 0.353. The standard InChI is InChI=1S/C17H17FN4OS/c18-13-3-4-14-15(8-13)24-17(21-14)22-7-1-2-12(10-22)11-23-16-9-19-5-6-20-16/h3-6,8-9,12H,1-2,7,10-11H2. The summed E-state index contributed by atoms with van der Waals surface area (Å²) >= 11 is 1.55. The number of ether oxygens (including phenoxy) is 1. The van der Waals surface area contributed by atoms with Crippen LogP contribution in [0.3, 0.4) is 0 Å². The van der Waals surface area contributed by atoms with E-state index in [1.807, 2.05) is 0 Å². The predicted octanol–water partition coefficient (Wildman–Crippen LogP) is 3.52. The fourth-order valence-electron chi connectivity index (χ4n) is 2.96. The van der Waals surface area contributed by atoms with E-state index in [1.165, 1.54) is 6.07 Å². The first-order chi connectivity index (χ1) is 11.8. The summed E-state index contributed by atoms with van der Waals surface area (Å²) in [4.78, 5) is 15.1. The Morgan fingerprint density at radius 1 is 1.33 bits per heavy atom. The summed E-state index contributed by atoms with van der Waals surface area (Å²) in [6, 6.07) is 4.75. The molecule has 0 spiro atoms. The third-order valence-corrected chi connectivity index (χ3v) is 5.21. The van der Waals surface area contributed by atoms with Gasteiger partial charge in [-0.3, -0.25) is 4.98 Å². The van der Waals surface area contributed by atoms with Crippen molar-refractivity contribution in [2.24, 2.45) is 5.92 Å². The molecule has 124 valence electrons. The molecule has 1 fully saturated rings. The van der Waals surface area contributed by atoms with Gasteiger partial charge in [0.05, 0.1) is 23.0 Å². The smallest absolute Gasteiger partial charge is 0.232 e. The summed E-state index contributed by atoms with van der Waals surface area (Å²) in [5.74, 6) is 0.765. The highest BCUT2D eigenvalue weighted by Gasteiger charge is 2.23. The third kappa shape index (κ3) is 3.31. The lowest BCUT2D eigenvalue weighted by molar-refractivity contribution is 0.221. The van der Waals surface area contributed by atoms with E-state index < -0.39 is 0 Å². The highest BCUT2D eigenvalue weighted by atomic mass is 32.1. The minimum absolute atomic E-state index is 0.216. The van der Waals surface area contributed by atoms with Gasteiger partial charge in [-0.05, 0) is 31.0 Å². The molecule has 0 saturated carbocycles. The van der Waals surface area contributed by atoms with Crippen molar-refractivity contribution in [1.82, 2.24) is 15.0 Å². The second-order valence-corrected chi connectivity index (χ2v) is 6.93. The van der Waals surface area contributed by atoms with Gasteiger partial charge in [0.2, 0.25) is 5.88 Å². The summed E-state index contributed by atoms with van der Waals surface area (Å²) in [5.41, 5.74) is 0.856. The molecule has 0 radical (unpaired) electrons. The molecule has 2 aromatic heterocycles. The lowest BCUT2D eigenvalue weighted by atomic mass is 9.99. The summed E-state index contributed by atoms with van der Waals surface area (Å²) in [6.07, 6.45) is 7.10. The Balaban J connectivity index is 1.43. The Hall–Kier alpha value is -2.28. The molecule has 3 aromatic rings. The van der Waals surface area contributed by atoms with Crippen LogP contribution in [0.1, 0.15) is 12.8 Å². The number of fused-ring (bicyclic) bond motifs is 1. The number of halogens is 1. The van der Waals surface area contributed by atoms with Gasteiger partial charge in [0.25, 0.3) is 0 Å². The Labute approximate surface area is 143 Å². The largest absolute Gasteiger partial charge is 0.476 e. The first-order valence-corrected chi connectivity index (χ1v) is 8.79. The molecular formula is C17H17FN4OS. The third-order valence-electron chi connectivity index (χ3n) is 4.14. The molecule has 0 amide bonds. The maximum Gasteiger partial charge on any atom is 0.232 e. The lowest BCUT2D eigenvalue weighted by Gasteiger charge is -2.32. The summed E-state index contributed by atoms with van der Waals surface area (Å²) in [7, 11) is 0.